The smallest absolute Gasteiger partial charge is 0.264 e. The van der Waals surface area contributed by atoms with Crippen molar-refractivity contribution in [2.24, 2.45) is 5.92 Å². The van der Waals surface area contributed by atoms with Crippen LogP contribution in [0.4, 0.5) is 11.4 Å². The molecule has 5 rings (SSSR count). The van der Waals surface area contributed by atoms with E-state index >= 15 is 0 Å². The van der Waals surface area contributed by atoms with Crippen molar-refractivity contribution in [1.82, 2.24) is 4.90 Å². The van der Waals surface area contributed by atoms with E-state index in [-0.39, 0.29) is 23.1 Å². The zero-order chi connectivity index (χ0) is 22.3. The molecule has 1 atom stereocenters. The van der Waals surface area contributed by atoms with Crippen LogP contribution < -0.4 is 9.62 Å². The molecule has 9 heteroatoms. The number of nitrogens with zero attached hydrogens (tertiary/aromatic N) is 2. The number of amides is 2. The van der Waals surface area contributed by atoms with E-state index < -0.39 is 15.9 Å². The van der Waals surface area contributed by atoms with Crippen LogP contribution in [-0.2, 0) is 26.0 Å². The predicted octanol–water partition coefficient (Wildman–Crippen LogP) is 3.11. The average molecular weight is 472 g/mol. The summed E-state index contributed by atoms with van der Waals surface area (Å²) in [6, 6.07) is 12.4. The molecule has 3 aliphatic rings. The van der Waals surface area contributed by atoms with Gasteiger partial charge in [0, 0.05) is 36.7 Å². The molecule has 32 heavy (non-hydrogen) atoms. The number of carbonyl (C=O) groups excluding carboxylic acids is 2. The lowest BCUT2D eigenvalue weighted by Crippen LogP contribution is -2.33. The number of fused-ring (bicyclic) bond motifs is 2. The Balaban J connectivity index is 1.36. The maximum absolute atomic E-state index is 13.4. The second-order valence-corrected chi connectivity index (χ2v) is 11.3. The summed E-state index contributed by atoms with van der Waals surface area (Å²) in [5, 5.41) is 2.88. The van der Waals surface area contributed by atoms with Crippen molar-refractivity contribution in [2.75, 3.05) is 35.0 Å². The van der Waals surface area contributed by atoms with Gasteiger partial charge in [-0.3, -0.25) is 13.9 Å². The Bertz CT molecular complexity index is 1180. The fourth-order valence-corrected chi connectivity index (χ4v) is 7.15. The van der Waals surface area contributed by atoms with Crippen molar-refractivity contribution in [2.45, 2.75) is 35.5 Å². The van der Waals surface area contributed by atoms with E-state index in [2.05, 4.69) is 5.32 Å². The molecule has 2 aromatic carbocycles. The molecule has 1 fully saturated rings. The van der Waals surface area contributed by atoms with Crippen LogP contribution in [0, 0.1) is 5.92 Å². The quantitative estimate of drug-likeness (QED) is 0.741. The number of rotatable bonds is 4. The highest BCUT2D eigenvalue weighted by atomic mass is 32.2. The summed E-state index contributed by atoms with van der Waals surface area (Å²) in [6.07, 6.45) is 2.89. The maximum atomic E-state index is 13.4. The highest BCUT2D eigenvalue weighted by molar-refractivity contribution is 7.99. The van der Waals surface area contributed by atoms with Gasteiger partial charge in [-0.05, 0) is 49.1 Å². The third-order valence-corrected chi connectivity index (χ3v) is 9.38. The molecule has 7 nitrogen and oxygen atoms in total. The van der Waals surface area contributed by atoms with E-state index in [1.54, 1.807) is 18.2 Å². The van der Waals surface area contributed by atoms with Crippen LogP contribution in [0.25, 0.3) is 0 Å². The minimum atomic E-state index is -3.75. The van der Waals surface area contributed by atoms with Gasteiger partial charge in [0.05, 0.1) is 22.2 Å². The molecular weight excluding hydrogens is 446 g/mol. The molecular formula is C23H25N3O4S2. The Morgan fingerprint density at radius 1 is 1.09 bits per heavy atom. The first-order valence-electron chi connectivity index (χ1n) is 10.9. The molecule has 0 saturated carbocycles. The molecule has 3 aliphatic heterocycles. The minimum absolute atomic E-state index is 0.0187. The van der Waals surface area contributed by atoms with Gasteiger partial charge in [-0.1, -0.05) is 18.2 Å². The van der Waals surface area contributed by atoms with Gasteiger partial charge in [0.2, 0.25) is 11.8 Å². The summed E-state index contributed by atoms with van der Waals surface area (Å²) in [5.74, 6) is -0.162. The first-order valence-corrected chi connectivity index (χ1v) is 13.3. The number of nitrogens with one attached hydrogen (secondary N) is 1. The number of hydrogen-bond acceptors (Lipinski definition) is 5. The summed E-state index contributed by atoms with van der Waals surface area (Å²) in [6.45, 7) is 1.93. The third-order valence-electron chi connectivity index (χ3n) is 6.33. The number of anilines is 2. The number of hydrogen-bond donors (Lipinski definition) is 1. The van der Waals surface area contributed by atoms with Crippen LogP contribution >= 0.6 is 11.8 Å². The zero-order valence-corrected chi connectivity index (χ0v) is 19.3. The van der Waals surface area contributed by atoms with Gasteiger partial charge < -0.3 is 10.2 Å². The van der Waals surface area contributed by atoms with E-state index in [1.165, 1.54) is 16.1 Å². The standard InChI is InChI=1S/C23H25N3O4S2/c27-22(25-10-3-4-11-25)13-17-15-31-21-8-7-18(14-19(21)24-23(17)28)32(29,30)26-12-9-16-5-1-2-6-20(16)26/h1-2,5-8,14,17H,3-4,9-13,15H2,(H,24,28)/t17-/m0/s1. The Morgan fingerprint density at radius 3 is 2.69 bits per heavy atom. The van der Waals surface area contributed by atoms with Gasteiger partial charge in [0.15, 0.2) is 0 Å². The normalized spacial score (nSPS) is 20.5. The molecule has 1 saturated heterocycles. The molecule has 0 radical (unpaired) electrons. The zero-order valence-electron chi connectivity index (χ0n) is 17.6. The fourth-order valence-electron chi connectivity index (χ4n) is 4.54. The van der Waals surface area contributed by atoms with Crippen LogP contribution in [0.2, 0.25) is 0 Å². The topological polar surface area (TPSA) is 86.8 Å². The Labute approximate surface area is 192 Å². The van der Waals surface area contributed by atoms with Gasteiger partial charge in [-0.25, -0.2) is 8.42 Å². The van der Waals surface area contributed by atoms with E-state index in [1.807, 2.05) is 29.2 Å². The van der Waals surface area contributed by atoms with Crippen LogP contribution in [0.1, 0.15) is 24.8 Å². The number of sulfonamides is 1. The van der Waals surface area contributed by atoms with E-state index in [4.69, 9.17) is 0 Å². The molecule has 0 spiro atoms. The number of para-hydroxylation sites is 1. The first-order chi connectivity index (χ1) is 15.4. The first kappa shape index (κ1) is 21.3. The molecule has 1 N–H and O–H groups in total. The Kier molecular flexibility index (Phi) is 5.63. The van der Waals surface area contributed by atoms with Gasteiger partial charge in [-0.2, -0.15) is 0 Å². The molecule has 2 amide bonds. The summed E-state index contributed by atoms with van der Waals surface area (Å²) in [4.78, 5) is 28.2. The highest BCUT2D eigenvalue weighted by Gasteiger charge is 2.33. The SMILES string of the molecule is O=C1Nc2cc(S(=O)(=O)N3CCc4ccccc43)ccc2SC[C@@H]1CC(=O)N1CCCC1. The number of thioether (sulfide) groups is 1. The van der Waals surface area contributed by atoms with E-state index in [0.717, 1.165) is 36.4 Å². The molecule has 168 valence electrons. The summed E-state index contributed by atoms with van der Waals surface area (Å²) < 4.78 is 28.2. The van der Waals surface area contributed by atoms with Crippen molar-refractivity contribution in [3.63, 3.8) is 0 Å². The summed E-state index contributed by atoms with van der Waals surface area (Å²) in [7, 11) is -3.75. The monoisotopic (exact) mass is 471 g/mol. The molecule has 0 unspecified atom stereocenters. The lowest BCUT2D eigenvalue weighted by Gasteiger charge is -2.20. The number of benzene rings is 2. The Hall–Kier alpha value is -2.52. The van der Waals surface area contributed by atoms with E-state index in [0.29, 0.717) is 30.1 Å². The van der Waals surface area contributed by atoms with Crippen LogP contribution in [0.5, 0.6) is 0 Å². The molecule has 0 bridgehead atoms. The maximum Gasteiger partial charge on any atom is 0.264 e. The van der Waals surface area contributed by atoms with Crippen molar-refractivity contribution in [3.8, 4) is 0 Å². The fraction of sp³-hybridized carbons (Fsp3) is 0.391. The van der Waals surface area contributed by atoms with Gasteiger partial charge in [0.1, 0.15) is 0 Å². The molecule has 0 aromatic heterocycles. The summed E-state index contributed by atoms with van der Waals surface area (Å²) >= 11 is 1.48. The second kappa shape index (κ2) is 8.44. The van der Waals surface area contributed by atoms with Crippen molar-refractivity contribution >= 4 is 45.0 Å². The third kappa shape index (κ3) is 3.88. The molecule has 2 aromatic rings. The lowest BCUT2D eigenvalue weighted by molar-refractivity contribution is -0.133. The number of likely N-dealkylation sites (tertiary alicyclic amines) is 1. The Morgan fingerprint density at radius 2 is 1.88 bits per heavy atom. The second-order valence-electron chi connectivity index (χ2n) is 8.40. The summed E-state index contributed by atoms with van der Waals surface area (Å²) in [5.41, 5.74) is 2.21. The molecule has 3 heterocycles. The van der Waals surface area contributed by atoms with Crippen LogP contribution in [-0.4, -0.2) is 50.5 Å². The lowest BCUT2D eigenvalue weighted by atomic mass is 10.1. The average Bonchev–Trinajstić information content (AvgIpc) is 3.44. The highest BCUT2D eigenvalue weighted by Crippen LogP contribution is 2.38. The van der Waals surface area contributed by atoms with Crippen LogP contribution in [0.3, 0.4) is 0 Å². The largest absolute Gasteiger partial charge is 0.343 e. The minimum Gasteiger partial charge on any atom is -0.343 e. The number of carbonyl (C=O) groups is 2. The van der Waals surface area contributed by atoms with Gasteiger partial charge in [0.25, 0.3) is 10.0 Å². The van der Waals surface area contributed by atoms with Crippen LogP contribution in [0.15, 0.2) is 52.3 Å². The van der Waals surface area contributed by atoms with Crippen molar-refractivity contribution in [1.29, 1.82) is 0 Å². The van der Waals surface area contributed by atoms with Gasteiger partial charge >= 0.3 is 0 Å². The van der Waals surface area contributed by atoms with Gasteiger partial charge in [-0.15, -0.1) is 11.8 Å². The van der Waals surface area contributed by atoms with E-state index in [9.17, 15) is 18.0 Å². The molecule has 0 aliphatic carbocycles. The van der Waals surface area contributed by atoms with Crippen molar-refractivity contribution in [3.05, 3.63) is 48.0 Å². The van der Waals surface area contributed by atoms with Crippen molar-refractivity contribution < 1.29 is 18.0 Å². The predicted molar refractivity (Wildman–Crippen MR) is 124 cm³/mol.